The third-order valence-electron chi connectivity index (χ3n) is 10.4. The first-order chi connectivity index (χ1) is 22.8. The number of hydrogen-bond acceptors (Lipinski definition) is 7. The van der Waals surface area contributed by atoms with Crippen LogP contribution in [0.15, 0.2) is 12.7 Å². The molecule has 5 amide bonds. The highest BCUT2D eigenvalue weighted by Gasteiger charge is 2.47. The minimum absolute atomic E-state index is 0.0470. The Morgan fingerprint density at radius 2 is 1.59 bits per heavy atom. The number of nitrogens with one attached hydrogen (secondary N) is 4. The van der Waals surface area contributed by atoms with E-state index in [-0.39, 0.29) is 42.7 Å². The van der Waals surface area contributed by atoms with Crippen molar-refractivity contribution in [3.05, 3.63) is 12.7 Å². The number of ketones is 1. The minimum atomic E-state index is -3.50. The molecule has 3 rings (SSSR count). The standard InChI is InChI=1S/C35H60N6O7S/c1-9-18-36-32(44)30(42)26(20-23-15-16-23)37-31(43)29-25(22(2)3)17-19-41(29)33(45)28(24-13-11-10-12-14-24)39-34(46)38-27(35(4,5)6)21-40(7)49(8,47)48/h9,22-29H,1,10-21H2,2-8H3,(H,36,44)(H,37,43)(H2,38,39,46)/t25-,26?,27-,28+,29?/m1/s1. The van der Waals surface area contributed by atoms with Crippen molar-refractivity contribution in [2.24, 2.45) is 29.1 Å². The van der Waals surface area contributed by atoms with E-state index < -0.39 is 63.2 Å². The van der Waals surface area contributed by atoms with Crippen LogP contribution in [-0.2, 0) is 29.2 Å². The van der Waals surface area contributed by atoms with E-state index in [0.717, 1.165) is 51.2 Å². The molecule has 0 bridgehead atoms. The molecule has 0 aromatic carbocycles. The minimum Gasteiger partial charge on any atom is -0.346 e. The van der Waals surface area contributed by atoms with Gasteiger partial charge >= 0.3 is 6.03 Å². The Bertz CT molecular complexity index is 1320. The number of sulfonamides is 1. The van der Waals surface area contributed by atoms with Crippen molar-refractivity contribution in [2.75, 3.05) is 32.9 Å². The molecule has 1 saturated heterocycles. The monoisotopic (exact) mass is 708 g/mol. The van der Waals surface area contributed by atoms with Crippen LogP contribution in [-0.4, -0.2) is 104 Å². The number of rotatable bonds is 16. The Morgan fingerprint density at radius 3 is 2.12 bits per heavy atom. The second-order valence-electron chi connectivity index (χ2n) is 15.7. The number of nitrogens with zero attached hydrogens (tertiary/aromatic N) is 2. The zero-order valence-corrected chi connectivity index (χ0v) is 31.4. The number of urea groups is 1. The number of carbonyl (C=O) groups excluding carboxylic acids is 5. The zero-order valence-electron chi connectivity index (χ0n) is 30.5. The predicted octanol–water partition coefficient (Wildman–Crippen LogP) is 2.57. The Kier molecular flexibility index (Phi) is 14.3. The van der Waals surface area contributed by atoms with Gasteiger partial charge in [-0.3, -0.25) is 19.2 Å². The van der Waals surface area contributed by atoms with Crippen molar-refractivity contribution < 1.29 is 32.4 Å². The van der Waals surface area contributed by atoms with Crippen LogP contribution in [0.25, 0.3) is 0 Å². The van der Waals surface area contributed by atoms with Gasteiger partial charge in [0.15, 0.2) is 0 Å². The van der Waals surface area contributed by atoms with Gasteiger partial charge in [-0.15, -0.1) is 6.58 Å². The molecule has 2 saturated carbocycles. The van der Waals surface area contributed by atoms with Gasteiger partial charge in [-0.1, -0.05) is 72.8 Å². The lowest BCUT2D eigenvalue weighted by Crippen LogP contribution is -2.61. The number of Topliss-reactive ketones (excluding diaryl/α,β-unsaturated/α-hetero) is 1. The first-order valence-electron chi connectivity index (χ1n) is 17.9. The predicted molar refractivity (Wildman–Crippen MR) is 189 cm³/mol. The van der Waals surface area contributed by atoms with Gasteiger partial charge in [0.2, 0.25) is 27.6 Å². The molecular weight excluding hydrogens is 648 g/mol. The van der Waals surface area contributed by atoms with E-state index >= 15 is 0 Å². The molecule has 0 aromatic heterocycles. The lowest BCUT2D eigenvalue weighted by atomic mass is 9.82. The summed E-state index contributed by atoms with van der Waals surface area (Å²) < 4.78 is 25.5. The summed E-state index contributed by atoms with van der Waals surface area (Å²) in [6.07, 6.45) is 9.72. The molecule has 2 aliphatic carbocycles. The summed E-state index contributed by atoms with van der Waals surface area (Å²) in [5.74, 6) is -2.35. The molecule has 0 spiro atoms. The molecular formula is C35H60N6O7S. The van der Waals surface area contributed by atoms with Gasteiger partial charge in [0, 0.05) is 32.7 Å². The summed E-state index contributed by atoms with van der Waals surface area (Å²) in [5, 5.41) is 11.3. The molecule has 49 heavy (non-hydrogen) atoms. The molecule has 4 N–H and O–H groups in total. The van der Waals surface area contributed by atoms with Gasteiger partial charge in [-0.2, -0.15) is 0 Å². The number of likely N-dealkylation sites (N-methyl/N-ethyl adjacent to an activating group) is 1. The average molecular weight is 709 g/mol. The van der Waals surface area contributed by atoms with E-state index in [1.807, 2.05) is 34.6 Å². The molecule has 3 aliphatic rings. The van der Waals surface area contributed by atoms with Crippen molar-refractivity contribution in [3.8, 4) is 0 Å². The maximum absolute atomic E-state index is 14.6. The highest BCUT2D eigenvalue weighted by Crippen LogP contribution is 2.36. The zero-order chi connectivity index (χ0) is 36.7. The van der Waals surface area contributed by atoms with Crippen LogP contribution in [0.2, 0.25) is 0 Å². The maximum Gasteiger partial charge on any atom is 0.315 e. The fraction of sp³-hybridized carbons (Fsp3) is 0.800. The lowest BCUT2D eigenvalue weighted by molar-refractivity contribution is -0.144. The van der Waals surface area contributed by atoms with E-state index in [1.54, 1.807) is 4.90 Å². The first-order valence-corrected chi connectivity index (χ1v) is 19.7. The SMILES string of the molecule is C=CCNC(=O)C(=O)C(CC1CC1)NC(=O)C1[C@@H](C(C)C)CCN1C(=O)[C@@H](NC(=O)N[C@H](CN(C)S(C)(=O)=O)C(C)(C)C)C1CCCCC1. The van der Waals surface area contributed by atoms with Crippen molar-refractivity contribution in [3.63, 3.8) is 0 Å². The van der Waals surface area contributed by atoms with Gasteiger partial charge in [-0.25, -0.2) is 17.5 Å². The van der Waals surface area contributed by atoms with Crippen LogP contribution in [0, 0.1) is 29.1 Å². The van der Waals surface area contributed by atoms with Crippen molar-refractivity contribution in [1.82, 2.24) is 30.5 Å². The van der Waals surface area contributed by atoms with Crippen LogP contribution < -0.4 is 21.3 Å². The normalized spacial score (nSPS) is 22.3. The van der Waals surface area contributed by atoms with Crippen LogP contribution in [0.1, 0.15) is 92.4 Å². The van der Waals surface area contributed by atoms with E-state index in [4.69, 9.17) is 0 Å². The largest absolute Gasteiger partial charge is 0.346 e. The molecule has 2 unspecified atom stereocenters. The molecule has 1 aliphatic heterocycles. The number of likely N-dealkylation sites (tertiary alicyclic amines) is 1. The number of hydrogen-bond donors (Lipinski definition) is 4. The average Bonchev–Trinajstić information content (AvgIpc) is 3.73. The van der Waals surface area contributed by atoms with Crippen LogP contribution in [0.4, 0.5) is 4.79 Å². The van der Waals surface area contributed by atoms with Crippen LogP contribution in [0.5, 0.6) is 0 Å². The molecule has 13 nitrogen and oxygen atoms in total. The summed E-state index contributed by atoms with van der Waals surface area (Å²) in [4.78, 5) is 69.7. The van der Waals surface area contributed by atoms with Crippen LogP contribution >= 0.6 is 0 Å². The topological polar surface area (TPSA) is 174 Å². The Balaban J connectivity index is 1.87. The molecule has 14 heteroatoms. The summed E-state index contributed by atoms with van der Waals surface area (Å²) in [7, 11) is -2.04. The molecule has 0 aromatic rings. The molecule has 3 fully saturated rings. The lowest BCUT2D eigenvalue weighted by Gasteiger charge is -2.37. The maximum atomic E-state index is 14.6. The number of amides is 5. The Morgan fingerprint density at radius 1 is 0.959 bits per heavy atom. The van der Waals surface area contributed by atoms with Gasteiger partial charge in [0.1, 0.15) is 12.1 Å². The Labute approximate surface area is 293 Å². The highest BCUT2D eigenvalue weighted by atomic mass is 32.2. The summed E-state index contributed by atoms with van der Waals surface area (Å²) in [5.41, 5.74) is -0.500. The van der Waals surface area contributed by atoms with E-state index in [1.165, 1.54) is 17.4 Å². The van der Waals surface area contributed by atoms with Gasteiger partial charge in [-0.05, 0) is 54.8 Å². The fourth-order valence-corrected chi connectivity index (χ4v) is 7.40. The molecule has 0 radical (unpaired) electrons. The molecule has 1 heterocycles. The molecule has 5 atom stereocenters. The summed E-state index contributed by atoms with van der Waals surface area (Å²) >= 11 is 0. The van der Waals surface area contributed by atoms with E-state index in [0.29, 0.717) is 19.4 Å². The van der Waals surface area contributed by atoms with Crippen LogP contribution in [0.3, 0.4) is 0 Å². The van der Waals surface area contributed by atoms with Crippen molar-refractivity contribution in [2.45, 2.75) is 117 Å². The van der Waals surface area contributed by atoms with E-state index in [2.05, 4.69) is 27.8 Å². The van der Waals surface area contributed by atoms with Crippen molar-refractivity contribution in [1.29, 1.82) is 0 Å². The summed E-state index contributed by atoms with van der Waals surface area (Å²) in [6, 6.07) is -3.92. The third-order valence-corrected chi connectivity index (χ3v) is 11.7. The highest BCUT2D eigenvalue weighted by molar-refractivity contribution is 7.88. The van der Waals surface area contributed by atoms with Gasteiger partial charge in [0.05, 0.1) is 12.3 Å². The number of carbonyl (C=O) groups is 5. The van der Waals surface area contributed by atoms with Gasteiger partial charge < -0.3 is 26.2 Å². The summed E-state index contributed by atoms with van der Waals surface area (Å²) in [6.45, 7) is 13.8. The Hall–Kier alpha value is -3.00. The van der Waals surface area contributed by atoms with Gasteiger partial charge in [0.25, 0.3) is 5.91 Å². The molecule has 278 valence electrons. The second kappa shape index (κ2) is 17.3. The first kappa shape index (κ1) is 40.4. The fourth-order valence-electron chi connectivity index (χ4n) is 6.98. The van der Waals surface area contributed by atoms with E-state index in [9.17, 15) is 32.4 Å². The van der Waals surface area contributed by atoms with Crippen molar-refractivity contribution >= 4 is 39.6 Å². The second-order valence-corrected chi connectivity index (χ2v) is 17.8. The quantitative estimate of drug-likeness (QED) is 0.141. The third kappa shape index (κ3) is 11.5. The smallest absolute Gasteiger partial charge is 0.315 e.